The van der Waals surface area contributed by atoms with E-state index < -0.39 is 28.5 Å². The minimum Gasteiger partial charge on any atom is -0.354 e. The maximum Gasteiger partial charge on any atom is 0.244 e. The van der Waals surface area contributed by atoms with Crippen LogP contribution in [0.5, 0.6) is 0 Å². The molecular weight excluding hydrogens is 497 g/mol. The zero-order valence-electron chi connectivity index (χ0n) is 19.6. The van der Waals surface area contributed by atoms with Gasteiger partial charge in [0.15, 0.2) is 0 Å². The second-order valence-electron chi connectivity index (χ2n) is 7.88. The number of benzene rings is 2. The van der Waals surface area contributed by atoms with Gasteiger partial charge in [0.05, 0.1) is 22.0 Å². The summed E-state index contributed by atoms with van der Waals surface area (Å²) in [5.74, 6) is -0.770. The van der Waals surface area contributed by atoms with Gasteiger partial charge in [0.25, 0.3) is 0 Å². The normalized spacial score (nSPS) is 12.1. The lowest BCUT2D eigenvalue weighted by Crippen LogP contribution is -2.53. The highest BCUT2D eigenvalue weighted by Crippen LogP contribution is 2.33. The van der Waals surface area contributed by atoms with Crippen LogP contribution in [0.2, 0.25) is 10.0 Å². The highest BCUT2D eigenvalue weighted by Gasteiger charge is 2.32. The Hall–Kier alpha value is -2.29. The van der Waals surface area contributed by atoms with Crippen molar-refractivity contribution >= 4 is 50.7 Å². The van der Waals surface area contributed by atoms with Gasteiger partial charge in [0.2, 0.25) is 21.8 Å². The van der Waals surface area contributed by atoms with E-state index in [0.29, 0.717) is 19.4 Å². The van der Waals surface area contributed by atoms with Gasteiger partial charge < -0.3 is 10.2 Å². The molecule has 0 saturated heterocycles. The van der Waals surface area contributed by atoms with E-state index in [1.54, 1.807) is 6.07 Å². The number of rotatable bonds is 12. The number of hydrogen-bond donors (Lipinski definition) is 1. The highest BCUT2D eigenvalue weighted by atomic mass is 35.5. The van der Waals surface area contributed by atoms with E-state index in [0.717, 1.165) is 22.5 Å². The van der Waals surface area contributed by atoms with Crippen molar-refractivity contribution < 1.29 is 18.0 Å². The summed E-state index contributed by atoms with van der Waals surface area (Å²) in [6, 6.07) is 13.4. The van der Waals surface area contributed by atoms with E-state index in [9.17, 15) is 18.0 Å². The molecule has 0 unspecified atom stereocenters. The molecule has 2 rings (SSSR count). The first-order valence-electron chi connectivity index (χ1n) is 11.1. The van der Waals surface area contributed by atoms with E-state index in [2.05, 4.69) is 5.32 Å². The Morgan fingerprint density at radius 3 is 2.29 bits per heavy atom. The summed E-state index contributed by atoms with van der Waals surface area (Å²) >= 11 is 12.4. The molecule has 34 heavy (non-hydrogen) atoms. The van der Waals surface area contributed by atoms with Crippen LogP contribution in [0.25, 0.3) is 0 Å². The van der Waals surface area contributed by atoms with Crippen molar-refractivity contribution in [2.75, 3.05) is 30.2 Å². The van der Waals surface area contributed by atoms with Crippen LogP contribution >= 0.6 is 23.2 Å². The van der Waals surface area contributed by atoms with Crippen LogP contribution in [0, 0.1) is 0 Å². The number of amides is 2. The Morgan fingerprint density at radius 1 is 1.03 bits per heavy atom. The van der Waals surface area contributed by atoms with Crippen molar-refractivity contribution in [2.24, 2.45) is 0 Å². The van der Waals surface area contributed by atoms with E-state index >= 15 is 0 Å². The third-order valence-electron chi connectivity index (χ3n) is 5.30. The fourth-order valence-corrected chi connectivity index (χ4v) is 4.84. The fraction of sp³-hybridized carbons (Fsp3) is 0.417. The zero-order valence-corrected chi connectivity index (χ0v) is 22.0. The van der Waals surface area contributed by atoms with Gasteiger partial charge in [-0.05, 0) is 37.0 Å². The molecule has 0 bridgehead atoms. The largest absolute Gasteiger partial charge is 0.354 e. The van der Waals surface area contributed by atoms with Gasteiger partial charge in [-0.15, -0.1) is 0 Å². The minimum absolute atomic E-state index is 0.0333. The Labute approximate surface area is 212 Å². The van der Waals surface area contributed by atoms with Crippen molar-refractivity contribution in [3.63, 3.8) is 0 Å². The molecule has 0 aliphatic heterocycles. The molecule has 1 N–H and O–H groups in total. The van der Waals surface area contributed by atoms with Crippen molar-refractivity contribution in [1.82, 2.24) is 10.2 Å². The third-order valence-corrected chi connectivity index (χ3v) is 7.23. The van der Waals surface area contributed by atoms with Gasteiger partial charge in [-0.3, -0.25) is 13.9 Å². The average Bonchev–Trinajstić information content (AvgIpc) is 2.80. The second kappa shape index (κ2) is 13.0. The standard InChI is InChI=1S/C24H31Cl2N3O4S/c1-4-15-27-24(31)20(5-2)28(16-14-18-10-7-6-8-11-18)22(30)17-29(34(3,32)33)21-13-9-12-19(25)23(21)26/h6-13,20H,4-5,14-17H2,1-3H3,(H,27,31)/t20-/m1/s1. The van der Waals surface area contributed by atoms with Gasteiger partial charge in [0.1, 0.15) is 12.6 Å². The molecule has 0 fully saturated rings. The summed E-state index contributed by atoms with van der Waals surface area (Å²) in [5, 5.41) is 3.05. The lowest BCUT2D eigenvalue weighted by atomic mass is 10.1. The van der Waals surface area contributed by atoms with E-state index in [1.807, 2.05) is 44.2 Å². The number of anilines is 1. The molecule has 0 radical (unpaired) electrons. The molecule has 0 saturated carbocycles. The van der Waals surface area contributed by atoms with Crippen LogP contribution < -0.4 is 9.62 Å². The number of nitrogens with zero attached hydrogens (tertiary/aromatic N) is 2. The van der Waals surface area contributed by atoms with E-state index in [-0.39, 0.29) is 28.2 Å². The molecule has 10 heteroatoms. The average molecular weight is 529 g/mol. The Bertz CT molecular complexity index is 1080. The van der Waals surface area contributed by atoms with Crippen LogP contribution in [0.15, 0.2) is 48.5 Å². The minimum atomic E-state index is -3.88. The fourth-order valence-electron chi connectivity index (χ4n) is 3.54. The maximum absolute atomic E-state index is 13.5. The van der Waals surface area contributed by atoms with Gasteiger partial charge in [-0.2, -0.15) is 0 Å². The molecule has 0 aromatic heterocycles. The van der Waals surface area contributed by atoms with Crippen LogP contribution in [0.4, 0.5) is 5.69 Å². The number of sulfonamides is 1. The Kier molecular flexibility index (Phi) is 10.7. The van der Waals surface area contributed by atoms with E-state index in [4.69, 9.17) is 23.2 Å². The molecule has 0 aliphatic carbocycles. The smallest absolute Gasteiger partial charge is 0.244 e. The Morgan fingerprint density at radius 2 is 1.71 bits per heavy atom. The number of halogens is 2. The summed E-state index contributed by atoms with van der Waals surface area (Å²) in [7, 11) is -3.88. The summed E-state index contributed by atoms with van der Waals surface area (Å²) in [5.41, 5.74) is 1.11. The van der Waals surface area contributed by atoms with Gasteiger partial charge in [-0.25, -0.2) is 8.42 Å². The molecule has 0 aliphatic rings. The first kappa shape index (κ1) is 28.0. The van der Waals surface area contributed by atoms with Crippen LogP contribution in [0.1, 0.15) is 32.3 Å². The molecule has 2 amide bonds. The van der Waals surface area contributed by atoms with Crippen LogP contribution in [-0.4, -0.2) is 57.1 Å². The molecule has 186 valence electrons. The number of carbonyl (C=O) groups excluding carboxylic acids is 2. The zero-order chi connectivity index (χ0) is 25.3. The summed E-state index contributed by atoms with van der Waals surface area (Å²) in [6.45, 7) is 4.00. The van der Waals surface area contributed by atoms with Crippen LogP contribution in [0.3, 0.4) is 0 Å². The van der Waals surface area contributed by atoms with Crippen molar-refractivity contribution in [2.45, 2.75) is 39.2 Å². The molecule has 2 aromatic carbocycles. The van der Waals surface area contributed by atoms with Gasteiger partial charge >= 0.3 is 0 Å². The lowest BCUT2D eigenvalue weighted by molar-refractivity contribution is -0.139. The first-order valence-corrected chi connectivity index (χ1v) is 13.7. The van der Waals surface area contributed by atoms with Gasteiger partial charge in [0, 0.05) is 13.1 Å². The summed E-state index contributed by atoms with van der Waals surface area (Å²) in [4.78, 5) is 27.9. The molecule has 7 nitrogen and oxygen atoms in total. The van der Waals surface area contributed by atoms with Crippen molar-refractivity contribution in [3.8, 4) is 0 Å². The third kappa shape index (κ3) is 7.61. The predicted octanol–water partition coefficient (Wildman–Crippen LogP) is 4.14. The number of nitrogens with one attached hydrogen (secondary N) is 1. The quantitative estimate of drug-likeness (QED) is 0.449. The summed E-state index contributed by atoms with van der Waals surface area (Å²) in [6.07, 6.45) is 2.65. The molecule has 1 atom stereocenters. The topological polar surface area (TPSA) is 86.8 Å². The molecule has 2 aromatic rings. The number of hydrogen-bond acceptors (Lipinski definition) is 4. The molecule has 0 heterocycles. The van der Waals surface area contributed by atoms with Gasteiger partial charge in [-0.1, -0.05) is 73.4 Å². The Balaban J connectivity index is 2.38. The SMILES string of the molecule is CCCNC(=O)[C@@H](CC)N(CCc1ccccc1)C(=O)CN(c1cccc(Cl)c1Cl)S(C)(=O)=O. The highest BCUT2D eigenvalue weighted by molar-refractivity contribution is 7.92. The van der Waals surface area contributed by atoms with Crippen molar-refractivity contribution in [1.29, 1.82) is 0 Å². The van der Waals surface area contributed by atoms with Crippen molar-refractivity contribution in [3.05, 3.63) is 64.1 Å². The number of carbonyl (C=O) groups is 2. The lowest BCUT2D eigenvalue weighted by Gasteiger charge is -2.33. The van der Waals surface area contributed by atoms with E-state index in [1.165, 1.54) is 17.0 Å². The molecule has 0 spiro atoms. The van der Waals surface area contributed by atoms with Crippen LogP contribution in [-0.2, 0) is 26.0 Å². The second-order valence-corrected chi connectivity index (χ2v) is 10.6. The monoisotopic (exact) mass is 527 g/mol. The molecular formula is C24H31Cl2N3O4S. The first-order chi connectivity index (χ1) is 16.1. The summed E-state index contributed by atoms with van der Waals surface area (Å²) < 4.78 is 26.2. The maximum atomic E-state index is 13.5. The predicted molar refractivity (Wildman–Crippen MR) is 138 cm³/mol.